The second kappa shape index (κ2) is 9.84. The van der Waals surface area contributed by atoms with Crippen LogP contribution in [-0.2, 0) is 0 Å². The van der Waals surface area contributed by atoms with Crippen molar-refractivity contribution in [3.63, 3.8) is 0 Å². The summed E-state index contributed by atoms with van der Waals surface area (Å²) in [4.78, 5) is 0. The Morgan fingerprint density at radius 3 is 1.48 bits per heavy atom. The lowest BCUT2D eigenvalue weighted by Gasteiger charge is -2.14. The molecule has 0 unspecified atom stereocenters. The minimum atomic E-state index is -0.586. The minimum absolute atomic E-state index is 0.233. The molecule has 4 N–H and O–H groups in total. The van der Waals surface area contributed by atoms with Gasteiger partial charge >= 0.3 is 0 Å². The summed E-state index contributed by atoms with van der Waals surface area (Å²) in [5.74, 6) is 1.48. The molecule has 0 aromatic heterocycles. The van der Waals surface area contributed by atoms with Crippen molar-refractivity contribution < 1.29 is 25.0 Å². The summed E-state index contributed by atoms with van der Waals surface area (Å²) in [6.45, 7) is 1.40. The van der Waals surface area contributed by atoms with Crippen LogP contribution in [0.3, 0.4) is 0 Å². The fourth-order valence-electron chi connectivity index (χ4n) is 2.04. The lowest BCUT2D eigenvalue weighted by Crippen LogP contribution is -2.88. The highest BCUT2D eigenvalue weighted by Crippen LogP contribution is 2.08. The van der Waals surface area contributed by atoms with E-state index in [0.717, 1.165) is 11.5 Å². The van der Waals surface area contributed by atoms with E-state index in [9.17, 15) is 10.2 Å². The van der Waals surface area contributed by atoms with Crippen LogP contribution < -0.4 is 14.8 Å². The zero-order valence-electron chi connectivity index (χ0n) is 13.0. The molecule has 0 heterocycles. The van der Waals surface area contributed by atoms with Gasteiger partial charge in [-0.1, -0.05) is 36.4 Å². The minimum Gasteiger partial charge on any atom is -0.491 e. The van der Waals surface area contributed by atoms with Crippen molar-refractivity contribution in [3.05, 3.63) is 60.7 Å². The summed E-state index contributed by atoms with van der Waals surface area (Å²) in [6, 6.07) is 18.8. The van der Waals surface area contributed by atoms with Gasteiger partial charge in [0.25, 0.3) is 0 Å². The van der Waals surface area contributed by atoms with Crippen molar-refractivity contribution in [2.75, 3.05) is 26.3 Å². The standard InChI is InChI=1S/C18H23NO4/c20-15(13-22-17-7-3-1-4-8-17)11-19-12-16(21)14-23-18-9-5-2-6-10-18/h1-10,15-16,19-21H,11-14H2/p+1/t15-,16-/m0/s1. The van der Waals surface area contributed by atoms with Crippen molar-refractivity contribution in [2.24, 2.45) is 0 Å². The van der Waals surface area contributed by atoms with Gasteiger partial charge in [0.1, 0.15) is 50.0 Å². The molecule has 0 aliphatic carbocycles. The molecular weight excluding hydrogens is 294 g/mol. The molecule has 0 aliphatic rings. The van der Waals surface area contributed by atoms with E-state index in [1.807, 2.05) is 66.0 Å². The van der Waals surface area contributed by atoms with Crippen LogP contribution in [0.25, 0.3) is 0 Å². The van der Waals surface area contributed by atoms with Gasteiger partial charge in [-0.15, -0.1) is 0 Å². The van der Waals surface area contributed by atoms with Crippen molar-refractivity contribution in [1.82, 2.24) is 0 Å². The smallest absolute Gasteiger partial charge is 0.137 e. The van der Waals surface area contributed by atoms with E-state index in [1.165, 1.54) is 0 Å². The molecule has 0 aliphatic heterocycles. The molecule has 124 valence electrons. The number of para-hydroxylation sites is 2. The van der Waals surface area contributed by atoms with Crippen molar-refractivity contribution in [2.45, 2.75) is 12.2 Å². The van der Waals surface area contributed by atoms with E-state index in [-0.39, 0.29) is 13.2 Å². The Morgan fingerprint density at radius 2 is 1.09 bits per heavy atom. The van der Waals surface area contributed by atoms with Crippen molar-refractivity contribution in [1.29, 1.82) is 0 Å². The molecule has 0 amide bonds. The first kappa shape index (κ1) is 17.3. The van der Waals surface area contributed by atoms with Crippen LogP contribution in [0.1, 0.15) is 0 Å². The number of hydrogen-bond donors (Lipinski definition) is 3. The third kappa shape index (κ3) is 7.15. The molecule has 0 radical (unpaired) electrons. The summed E-state index contributed by atoms with van der Waals surface area (Å²) in [7, 11) is 0. The topological polar surface area (TPSA) is 75.5 Å². The molecule has 2 atom stereocenters. The lowest BCUT2D eigenvalue weighted by molar-refractivity contribution is -0.667. The molecule has 0 bridgehead atoms. The Labute approximate surface area is 136 Å². The fraction of sp³-hybridized carbons (Fsp3) is 0.333. The van der Waals surface area contributed by atoms with Gasteiger partial charge in [-0.05, 0) is 24.3 Å². The number of benzene rings is 2. The van der Waals surface area contributed by atoms with E-state index in [0.29, 0.717) is 13.1 Å². The van der Waals surface area contributed by atoms with Crippen LogP contribution in [0.4, 0.5) is 0 Å². The van der Waals surface area contributed by atoms with Crippen LogP contribution in [0, 0.1) is 0 Å². The second-order valence-electron chi connectivity index (χ2n) is 5.32. The number of ether oxygens (including phenoxy) is 2. The highest BCUT2D eigenvalue weighted by molar-refractivity contribution is 5.21. The monoisotopic (exact) mass is 318 g/mol. The number of aliphatic hydroxyl groups excluding tert-OH is 2. The quantitative estimate of drug-likeness (QED) is 0.594. The van der Waals surface area contributed by atoms with Crippen LogP contribution >= 0.6 is 0 Å². The first-order chi connectivity index (χ1) is 11.2. The normalized spacial score (nSPS) is 13.3. The van der Waals surface area contributed by atoms with Crippen molar-refractivity contribution >= 4 is 0 Å². The maximum absolute atomic E-state index is 9.86. The van der Waals surface area contributed by atoms with Gasteiger partial charge in [0.2, 0.25) is 0 Å². The van der Waals surface area contributed by atoms with Crippen LogP contribution in [0.2, 0.25) is 0 Å². The molecule has 5 nitrogen and oxygen atoms in total. The molecule has 0 saturated carbocycles. The Bertz CT molecular complexity index is 486. The fourth-order valence-corrected chi connectivity index (χ4v) is 2.04. The predicted molar refractivity (Wildman–Crippen MR) is 87.5 cm³/mol. The summed E-state index contributed by atoms with van der Waals surface area (Å²) in [5.41, 5.74) is 0. The Kier molecular flexibility index (Phi) is 7.39. The van der Waals surface area contributed by atoms with Gasteiger partial charge in [0.05, 0.1) is 0 Å². The first-order valence-corrected chi connectivity index (χ1v) is 7.77. The van der Waals surface area contributed by atoms with Gasteiger partial charge in [-0.3, -0.25) is 0 Å². The number of nitrogens with two attached hydrogens (primary N) is 1. The largest absolute Gasteiger partial charge is 0.491 e. The maximum Gasteiger partial charge on any atom is 0.137 e. The molecular formula is C18H24NO4+. The summed E-state index contributed by atoms with van der Waals surface area (Å²) in [5, 5.41) is 21.6. The number of quaternary nitrogens is 1. The number of rotatable bonds is 10. The van der Waals surface area contributed by atoms with E-state index in [1.54, 1.807) is 0 Å². The molecule has 2 rings (SSSR count). The highest BCUT2D eigenvalue weighted by Gasteiger charge is 2.11. The average molecular weight is 318 g/mol. The van der Waals surface area contributed by atoms with Gasteiger partial charge in [-0.25, -0.2) is 0 Å². The van der Waals surface area contributed by atoms with E-state index >= 15 is 0 Å². The van der Waals surface area contributed by atoms with Gasteiger partial charge in [0.15, 0.2) is 0 Å². The number of aliphatic hydroxyl groups is 2. The molecule has 5 heteroatoms. The van der Waals surface area contributed by atoms with E-state index in [2.05, 4.69) is 0 Å². The maximum atomic E-state index is 9.86. The molecule has 0 saturated heterocycles. The third-order valence-corrected chi connectivity index (χ3v) is 3.25. The van der Waals surface area contributed by atoms with Crippen molar-refractivity contribution in [3.8, 4) is 11.5 Å². The third-order valence-electron chi connectivity index (χ3n) is 3.25. The molecule has 2 aromatic carbocycles. The van der Waals surface area contributed by atoms with Gasteiger partial charge in [0, 0.05) is 0 Å². The average Bonchev–Trinajstić information content (AvgIpc) is 2.60. The molecule has 0 spiro atoms. The van der Waals surface area contributed by atoms with E-state index < -0.39 is 12.2 Å². The van der Waals surface area contributed by atoms with Crippen LogP contribution in [0.15, 0.2) is 60.7 Å². The predicted octanol–water partition coefficient (Wildman–Crippen LogP) is 0.430. The second-order valence-corrected chi connectivity index (χ2v) is 5.32. The zero-order chi connectivity index (χ0) is 16.3. The Morgan fingerprint density at radius 1 is 0.696 bits per heavy atom. The lowest BCUT2D eigenvalue weighted by atomic mass is 10.3. The molecule has 23 heavy (non-hydrogen) atoms. The Hall–Kier alpha value is -2.08. The summed E-state index contributed by atoms with van der Waals surface area (Å²) < 4.78 is 10.9. The summed E-state index contributed by atoms with van der Waals surface area (Å²) >= 11 is 0. The Balaban J connectivity index is 1.55. The van der Waals surface area contributed by atoms with Gasteiger partial charge in [-0.2, -0.15) is 0 Å². The molecule has 0 fully saturated rings. The zero-order valence-corrected chi connectivity index (χ0v) is 13.0. The van der Waals surface area contributed by atoms with E-state index in [4.69, 9.17) is 9.47 Å². The van der Waals surface area contributed by atoms with Crippen LogP contribution in [0.5, 0.6) is 11.5 Å². The first-order valence-electron chi connectivity index (χ1n) is 7.77. The van der Waals surface area contributed by atoms with Crippen LogP contribution in [-0.4, -0.2) is 48.7 Å². The summed E-state index contributed by atoms with van der Waals surface area (Å²) in [6.07, 6.45) is -1.17. The van der Waals surface area contributed by atoms with Gasteiger partial charge < -0.3 is 25.0 Å². The molecule has 2 aromatic rings. The highest BCUT2D eigenvalue weighted by atomic mass is 16.5. The SMILES string of the molecule is O[C@@H](C[NH2+]C[C@H](O)COc1ccccc1)COc1ccccc1. The number of hydrogen-bond acceptors (Lipinski definition) is 4.